The molecule has 0 saturated carbocycles. The highest BCUT2D eigenvalue weighted by Gasteiger charge is 2.15. The van der Waals surface area contributed by atoms with Gasteiger partial charge in [0.05, 0.1) is 5.60 Å². The largest absolute Gasteiger partial charge is 0.389 e. The topological polar surface area (TPSA) is 45.1 Å². The minimum Gasteiger partial charge on any atom is -0.389 e. The molecule has 0 saturated heterocycles. The number of nitrogens with one attached hydrogen (secondary N) is 1. The standard InChI is InChI=1S/C11H18N2O/c1-3-11(2,14)9-13-8-10-5-4-6-12-7-10/h4-7,13-14H,3,8-9H2,1-2H3. The Labute approximate surface area is 85.2 Å². The first-order valence-electron chi connectivity index (χ1n) is 4.96. The average molecular weight is 194 g/mol. The van der Waals surface area contributed by atoms with Crippen molar-refractivity contribution in [3.63, 3.8) is 0 Å². The molecule has 3 heteroatoms. The minimum atomic E-state index is -0.609. The van der Waals surface area contributed by atoms with E-state index in [2.05, 4.69) is 10.3 Å². The van der Waals surface area contributed by atoms with Crippen molar-refractivity contribution in [2.75, 3.05) is 6.54 Å². The molecule has 2 N–H and O–H groups in total. The number of aliphatic hydroxyl groups is 1. The van der Waals surface area contributed by atoms with E-state index in [0.29, 0.717) is 6.54 Å². The molecule has 0 aromatic carbocycles. The Morgan fingerprint density at radius 1 is 1.57 bits per heavy atom. The van der Waals surface area contributed by atoms with Gasteiger partial charge in [0.15, 0.2) is 0 Å². The summed E-state index contributed by atoms with van der Waals surface area (Å²) in [5.41, 5.74) is 0.529. The fourth-order valence-electron chi connectivity index (χ4n) is 1.10. The first-order chi connectivity index (χ1) is 6.64. The maximum atomic E-state index is 9.72. The summed E-state index contributed by atoms with van der Waals surface area (Å²) in [5.74, 6) is 0. The van der Waals surface area contributed by atoms with Crippen LogP contribution in [0.2, 0.25) is 0 Å². The van der Waals surface area contributed by atoms with Gasteiger partial charge in [-0.15, -0.1) is 0 Å². The van der Waals surface area contributed by atoms with E-state index in [4.69, 9.17) is 0 Å². The molecule has 1 unspecified atom stereocenters. The van der Waals surface area contributed by atoms with Crippen LogP contribution in [0.15, 0.2) is 24.5 Å². The quantitative estimate of drug-likeness (QED) is 0.743. The zero-order valence-corrected chi connectivity index (χ0v) is 8.83. The Balaban J connectivity index is 2.29. The summed E-state index contributed by atoms with van der Waals surface area (Å²) >= 11 is 0. The van der Waals surface area contributed by atoms with Crippen LogP contribution in [0.1, 0.15) is 25.8 Å². The van der Waals surface area contributed by atoms with Gasteiger partial charge in [-0.2, -0.15) is 0 Å². The Morgan fingerprint density at radius 2 is 2.36 bits per heavy atom. The van der Waals surface area contributed by atoms with Gasteiger partial charge in [-0.1, -0.05) is 13.0 Å². The molecule has 1 aromatic heterocycles. The number of nitrogens with zero attached hydrogens (tertiary/aromatic N) is 1. The van der Waals surface area contributed by atoms with Crippen molar-refractivity contribution in [1.82, 2.24) is 10.3 Å². The van der Waals surface area contributed by atoms with Crippen molar-refractivity contribution in [3.05, 3.63) is 30.1 Å². The number of pyridine rings is 1. The van der Waals surface area contributed by atoms with Gasteiger partial charge >= 0.3 is 0 Å². The van der Waals surface area contributed by atoms with Crippen LogP contribution in [-0.4, -0.2) is 22.2 Å². The van der Waals surface area contributed by atoms with E-state index in [1.165, 1.54) is 0 Å². The molecule has 0 aliphatic carbocycles. The van der Waals surface area contributed by atoms with Crippen LogP contribution < -0.4 is 5.32 Å². The highest BCUT2D eigenvalue weighted by atomic mass is 16.3. The van der Waals surface area contributed by atoms with Crippen LogP contribution >= 0.6 is 0 Å². The Bertz CT molecular complexity index is 259. The lowest BCUT2D eigenvalue weighted by molar-refractivity contribution is 0.0555. The highest BCUT2D eigenvalue weighted by Crippen LogP contribution is 2.06. The van der Waals surface area contributed by atoms with Crippen LogP contribution in [0, 0.1) is 0 Å². The number of hydrogen-bond acceptors (Lipinski definition) is 3. The van der Waals surface area contributed by atoms with E-state index in [-0.39, 0.29) is 0 Å². The highest BCUT2D eigenvalue weighted by molar-refractivity contribution is 5.07. The van der Waals surface area contributed by atoms with Gasteiger partial charge in [0.1, 0.15) is 0 Å². The lowest BCUT2D eigenvalue weighted by atomic mass is 10.0. The summed E-state index contributed by atoms with van der Waals surface area (Å²) in [6, 6.07) is 3.93. The van der Waals surface area contributed by atoms with Crippen molar-refractivity contribution < 1.29 is 5.11 Å². The van der Waals surface area contributed by atoms with Gasteiger partial charge in [0.25, 0.3) is 0 Å². The van der Waals surface area contributed by atoms with E-state index in [0.717, 1.165) is 18.5 Å². The minimum absolute atomic E-state index is 0.609. The monoisotopic (exact) mass is 194 g/mol. The molecule has 0 spiro atoms. The first-order valence-corrected chi connectivity index (χ1v) is 4.96. The zero-order valence-electron chi connectivity index (χ0n) is 8.83. The van der Waals surface area contributed by atoms with Gasteiger partial charge in [-0.25, -0.2) is 0 Å². The molecule has 0 bridgehead atoms. The van der Waals surface area contributed by atoms with Crippen molar-refractivity contribution in [1.29, 1.82) is 0 Å². The lowest BCUT2D eigenvalue weighted by Crippen LogP contribution is -2.36. The number of aromatic nitrogens is 1. The van der Waals surface area contributed by atoms with Gasteiger partial charge in [0.2, 0.25) is 0 Å². The van der Waals surface area contributed by atoms with E-state index in [1.807, 2.05) is 32.2 Å². The number of hydrogen-bond donors (Lipinski definition) is 2. The normalized spacial score (nSPS) is 15.1. The van der Waals surface area contributed by atoms with Crippen LogP contribution in [0.3, 0.4) is 0 Å². The molecule has 1 atom stereocenters. The van der Waals surface area contributed by atoms with Gasteiger partial charge in [-0.05, 0) is 25.0 Å². The van der Waals surface area contributed by atoms with Crippen molar-refractivity contribution in [2.24, 2.45) is 0 Å². The Hall–Kier alpha value is -0.930. The second-order valence-electron chi connectivity index (χ2n) is 3.82. The smallest absolute Gasteiger partial charge is 0.0741 e. The summed E-state index contributed by atoms with van der Waals surface area (Å²) in [5, 5.41) is 12.9. The molecular formula is C11H18N2O. The van der Waals surface area contributed by atoms with Crippen LogP contribution in [-0.2, 0) is 6.54 Å². The predicted octanol–water partition coefficient (Wildman–Crippen LogP) is 1.33. The maximum absolute atomic E-state index is 9.72. The van der Waals surface area contributed by atoms with E-state index in [1.54, 1.807) is 6.20 Å². The summed E-state index contributed by atoms with van der Waals surface area (Å²) in [4.78, 5) is 4.02. The zero-order chi connectivity index (χ0) is 10.4. The third-order valence-electron chi connectivity index (χ3n) is 2.32. The van der Waals surface area contributed by atoms with Crippen LogP contribution in [0.4, 0.5) is 0 Å². The molecule has 0 aliphatic heterocycles. The molecule has 1 aromatic rings. The van der Waals surface area contributed by atoms with Crippen LogP contribution in [0.5, 0.6) is 0 Å². The molecule has 0 radical (unpaired) electrons. The van der Waals surface area contributed by atoms with Gasteiger partial charge < -0.3 is 10.4 Å². The third-order valence-corrected chi connectivity index (χ3v) is 2.32. The molecule has 1 heterocycles. The second-order valence-corrected chi connectivity index (χ2v) is 3.82. The van der Waals surface area contributed by atoms with E-state index in [9.17, 15) is 5.11 Å². The number of rotatable bonds is 5. The molecule has 0 aliphatic rings. The van der Waals surface area contributed by atoms with E-state index >= 15 is 0 Å². The van der Waals surface area contributed by atoms with Crippen molar-refractivity contribution in [3.8, 4) is 0 Å². The summed E-state index contributed by atoms with van der Waals surface area (Å²) in [7, 11) is 0. The Morgan fingerprint density at radius 3 is 2.93 bits per heavy atom. The fraction of sp³-hybridized carbons (Fsp3) is 0.545. The lowest BCUT2D eigenvalue weighted by Gasteiger charge is -2.21. The van der Waals surface area contributed by atoms with Crippen LogP contribution in [0.25, 0.3) is 0 Å². The Kier molecular flexibility index (Phi) is 4.04. The van der Waals surface area contributed by atoms with Crippen molar-refractivity contribution >= 4 is 0 Å². The van der Waals surface area contributed by atoms with Gasteiger partial charge in [0, 0.05) is 25.5 Å². The molecule has 78 valence electrons. The molecule has 0 fully saturated rings. The van der Waals surface area contributed by atoms with Crippen molar-refractivity contribution in [2.45, 2.75) is 32.4 Å². The molecule has 14 heavy (non-hydrogen) atoms. The summed E-state index contributed by atoms with van der Waals surface area (Å²) in [6.07, 6.45) is 4.34. The molecule has 0 amide bonds. The SMILES string of the molecule is CCC(C)(O)CNCc1cccnc1. The maximum Gasteiger partial charge on any atom is 0.0741 e. The van der Waals surface area contributed by atoms with Gasteiger partial charge in [-0.3, -0.25) is 4.98 Å². The summed E-state index contributed by atoms with van der Waals surface area (Å²) in [6.45, 7) is 5.18. The third kappa shape index (κ3) is 3.85. The average Bonchev–Trinajstić information content (AvgIpc) is 2.19. The second kappa shape index (κ2) is 5.08. The molecular weight excluding hydrogens is 176 g/mol. The molecule has 3 nitrogen and oxygen atoms in total. The summed E-state index contributed by atoms with van der Waals surface area (Å²) < 4.78 is 0. The predicted molar refractivity (Wildman–Crippen MR) is 56.9 cm³/mol. The first kappa shape index (κ1) is 11.1. The van der Waals surface area contributed by atoms with E-state index < -0.39 is 5.60 Å². The fourth-order valence-corrected chi connectivity index (χ4v) is 1.10. The molecule has 1 rings (SSSR count).